The molecule has 0 aliphatic heterocycles. The third-order valence-electron chi connectivity index (χ3n) is 2.22. The van der Waals surface area contributed by atoms with Gasteiger partial charge in [-0.05, 0) is 19.1 Å². The van der Waals surface area contributed by atoms with Crippen LogP contribution in [0.4, 0.5) is 0 Å². The summed E-state index contributed by atoms with van der Waals surface area (Å²) in [5, 5.41) is 5.25. The summed E-state index contributed by atoms with van der Waals surface area (Å²) in [5.74, 6) is 0.272. The minimum Gasteiger partial charge on any atom is -0.465 e. The van der Waals surface area contributed by atoms with Crippen LogP contribution in [0.5, 0.6) is 0 Å². The van der Waals surface area contributed by atoms with Gasteiger partial charge in [0.25, 0.3) is 0 Å². The van der Waals surface area contributed by atoms with Crippen molar-refractivity contribution in [2.45, 2.75) is 26.3 Å². The molecule has 1 unspecified atom stereocenters. The number of nitrogens with two attached hydrogens (primary N) is 1. The van der Waals surface area contributed by atoms with Crippen molar-refractivity contribution in [3.05, 3.63) is 0 Å². The second-order valence-electron chi connectivity index (χ2n) is 4.03. The van der Waals surface area contributed by atoms with E-state index in [2.05, 4.69) is 10.6 Å². The average Bonchev–Trinajstić information content (AvgIpc) is 2.39. The van der Waals surface area contributed by atoms with Crippen molar-refractivity contribution in [3.8, 4) is 0 Å². The highest BCUT2D eigenvalue weighted by atomic mass is 32.2. The first-order valence-corrected chi connectivity index (χ1v) is 7.64. The van der Waals surface area contributed by atoms with Gasteiger partial charge >= 0.3 is 5.97 Å². The third kappa shape index (κ3) is 10.6. The fourth-order valence-corrected chi connectivity index (χ4v) is 2.09. The number of nitrogens with one attached hydrogen (secondary N) is 2. The van der Waals surface area contributed by atoms with Gasteiger partial charge < -0.3 is 21.1 Å². The number of thioether (sulfide) groups is 1. The van der Waals surface area contributed by atoms with Crippen LogP contribution < -0.4 is 16.4 Å². The fourth-order valence-electron chi connectivity index (χ4n) is 1.23. The molecule has 0 aromatic rings. The predicted octanol–water partition coefficient (Wildman–Crippen LogP) is -0.748. The number of rotatable bonds is 10. The van der Waals surface area contributed by atoms with Crippen LogP contribution in [0.25, 0.3) is 0 Å². The molecule has 7 nitrogen and oxygen atoms in total. The summed E-state index contributed by atoms with van der Waals surface area (Å²) in [4.78, 5) is 33.2. The zero-order valence-electron chi connectivity index (χ0n) is 11.9. The summed E-state index contributed by atoms with van der Waals surface area (Å²) in [6, 6.07) is -0.634. The first-order chi connectivity index (χ1) is 9.47. The van der Waals surface area contributed by atoms with Crippen molar-refractivity contribution < 1.29 is 19.1 Å². The summed E-state index contributed by atoms with van der Waals surface area (Å²) in [6.45, 7) is 4.28. The molecule has 0 rings (SSSR count). The van der Waals surface area contributed by atoms with Crippen molar-refractivity contribution in [2.75, 3.05) is 31.2 Å². The Balaban J connectivity index is 3.52. The van der Waals surface area contributed by atoms with Gasteiger partial charge in [-0.2, -0.15) is 11.8 Å². The van der Waals surface area contributed by atoms with Gasteiger partial charge in [0.15, 0.2) is 0 Å². The maximum atomic E-state index is 11.4. The Morgan fingerprint density at radius 3 is 2.50 bits per heavy atom. The van der Waals surface area contributed by atoms with Gasteiger partial charge in [0, 0.05) is 20.0 Å². The summed E-state index contributed by atoms with van der Waals surface area (Å²) in [6.07, 6.45) is 0.475. The smallest absolute Gasteiger partial charge is 0.322 e. The molecule has 1 atom stereocenters. The molecule has 2 amide bonds. The normalized spacial score (nSPS) is 11.6. The van der Waals surface area contributed by atoms with Crippen LogP contribution in [0.3, 0.4) is 0 Å². The van der Waals surface area contributed by atoms with Crippen molar-refractivity contribution in [1.82, 2.24) is 10.6 Å². The average molecular weight is 305 g/mol. The molecule has 4 N–H and O–H groups in total. The van der Waals surface area contributed by atoms with E-state index >= 15 is 0 Å². The quantitative estimate of drug-likeness (QED) is 0.362. The van der Waals surface area contributed by atoms with Gasteiger partial charge in [-0.25, -0.2) is 0 Å². The number of hydrogen-bond donors (Lipinski definition) is 3. The van der Waals surface area contributed by atoms with Crippen LogP contribution >= 0.6 is 11.8 Å². The maximum Gasteiger partial charge on any atom is 0.322 e. The lowest BCUT2D eigenvalue weighted by atomic mass is 10.2. The second kappa shape index (κ2) is 11.5. The Morgan fingerprint density at radius 2 is 1.90 bits per heavy atom. The molecule has 0 saturated heterocycles. The molecular weight excluding hydrogens is 282 g/mol. The van der Waals surface area contributed by atoms with Gasteiger partial charge in [0.2, 0.25) is 11.8 Å². The molecule has 8 heteroatoms. The van der Waals surface area contributed by atoms with Crippen LogP contribution in [0, 0.1) is 0 Å². The Hall–Kier alpha value is -1.28. The topological polar surface area (TPSA) is 111 Å². The van der Waals surface area contributed by atoms with E-state index in [1.807, 2.05) is 0 Å². The highest BCUT2D eigenvalue weighted by Crippen LogP contribution is 2.04. The minimum absolute atomic E-state index is 0.106. The van der Waals surface area contributed by atoms with Crippen molar-refractivity contribution in [2.24, 2.45) is 5.73 Å². The summed E-state index contributed by atoms with van der Waals surface area (Å²) < 4.78 is 4.78. The molecule has 0 aliphatic rings. The van der Waals surface area contributed by atoms with E-state index in [1.165, 1.54) is 18.7 Å². The zero-order valence-corrected chi connectivity index (χ0v) is 12.8. The van der Waals surface area contributed by atoms with Crippen LogP contribution in [0.1, 0.15) is 20.3 Å². The molecule has 116 valence electrons. The zero-order chi connectivity index (χ0) is 15.4. The first kappa shape index (κ1) is 18.7. The lowest BCUT2D eigenvalue weighted by Gasteiger charge is -2.10. The molecule has 20 heavy (non-hydrogen) atoms. The summed E-state index contributed by atoms with van der Waals surface area (Å²) >= 11 is 1.40. The van der Waals surface area contributed by atoms with Crippen molar-refractivity contribution >= 4 is 29.5 Å². The molecule has 0 heterocycles. The summed E-state index contributed by atoms with van der Waals surface area (Å²) in [5.41, 5.74) is 5.62. The Morgan fingerprint density at radius 1 is 1.25 bits per heavy atom. The number of esters is 1. The number of carbonyl (C=O) groups is 3. The van der Waals surface area contributed by atoms with Crippen LogP contribution in [-0.2, 0) is 19.1 Å². The SMILES string of the molecule is CCOC(=O)C(N)CCSCC(=O)NCCNC(C)=O. The van der Waals surface area contributed by atoms with Gasteiger partial charge in [-0.1, -0.05) is 0 Å². The number of ether oxygens (including phenoxy) is 1. The second-order valence-corrected chi connectivity index (χ2v) is 5.14. The van der Waals surface area contributed by atoms with Crippen LogP contribution in [0.2, 0.25) is 0 Å². The number of carbonyl (C=O) groups excluding carboxylic acids is 3. The van der Waals surface area contributed by atoms with E-state index < -0.39 is 12.0 Å². The van der Waals surface area contributed by atoms with Crippen LogP contribution in [0.15, 0.2) is 0 Å². The van der Waals surface area contributed by atoms with Gasteiger partial charge in [0.1, 0.15) is 6.04 Å². The Labute approximate surface area is 123 Å². The van der Waals surface area contributed by atoms with E-state index in [1.54, 1.807) is 6.92 Å². The molecule has 0 saturated carbocycles. The molecule has 0 spiro atoms. The molecule has 0 aliphatic carbocycles. The van der Waals surface area contributed by atoms with Gasteiger partial charge in [-0.15, -0.1) is 0 Å². The van der Waals surface area contributed by atoms with E-state index in [4.69, 9.17) is 10.5 Å². The van der Waals surface area contributed by atoms with E-state index in [0.29, 0.717) is 37.6 Å². The van der Waals surface area contributed by atoms with Crippen molar-refractivity contribution in [3.63, 3.8) is 0 Å². The highest BCUT2D eigenvalue weighted by Gasteiger charge is 2.14. The third-order valence-corrected chi connectivity index (χ3v) is 3.21. The standard InChI is InChI=1S/C12H23N3O4S/c1-3-19-12(18)10(13)4-7-20-8-11(17)15-6-5-14-9(2)16/h10H,3-8,13H2,1-2H3,(H,14,16)(H,15,17). The molecular formula is C12H23N3O4S. The van der Waals surface area contributed by atoms with Crippen LogP contribution in [-0.4, -0.2) is 55.0 Å². The monoisotopic (exact) mass is 305 g/mol. The van der Waals surface area contributed by atoms with E-state index in [0.717, 1.165) is 0 Å². The molecule has 0 aromatic heterocycles. The maximum absolute atomic E-state index is 11.4. The molecule has 0 bridgehead atoms. The Bertz CT molecular complexity index is 326. The number of hydrogen-bond acceptors (Lipinski definition) is 6. The van der Waals surface area contributed by atoms with Crippen molar-refractivity contribution in [1.29, 1.82) is 0 Å². The Kier molecular flexibility index (Phi) is 10.8. The molecule has 0 fully saturated rings. The van der Waals surface area contributed by atoms with Gasteiger partial charge in [-0.3, -0.25) is 14.4 Å². The van der Waals surface area contributed by atoms with E-state index in [-0.39, 0.29) is 11.8 Å². The largest absolute Gasteiger partial charge is 0.465 e. The highest BCUT2D eigenvalue weighted by molar-refractivity contribution is 7.99. The fraction of sp³-hybridized carbons (Fsp3) is 0.750. The lowest BCUT2D eigenvalue weighted by molar-refractivity contribution is -0.144. The van der Waals surface area contributed by atoms with E-state index in [9.17, 15) is 14.4 Å². The van der Waals surface area contributed by atoms with Gasteiger partial charge in [0.05, 0.1) is 12.4 Å². The predicted molar refractivity (Wildman–Crippen MR) is 78.2 cm³/mol. The lowest BCUT2D eigenvalue weighted by Crippen LogP contribution is -2.35. The molecule has 0 radical (unpaired) electrons. The molecule has 0 aromatic carbocycles. The summed E-state index contributed by atoms with van der Waals surface area (Å²) in [7, 11) is 0. The number of amides is 2. The first-order valence-electron chi connectivity index (χ1n) is 6.48. The minimum atomic E-state index is -0.634.